The molecule has 2 aromatic carbocycles. The van der Waals surface area contributed by atoms with E-state index in [9.17, 15) is 14.9 Å². The van der Waals surface area contributed by atoms with E-state index in [-0.39, 0.29) is 18.2 Å². The average Bonchev–Trinajstić information content (AvgIpc) is 2.73. The van der Waals surface area contributed by atoms with Crippen molar-refractivity contribution in [2.45, 2.75) is 18.1 Å². The summed E-state index contributed by atoms with van der Waals surface area (Å²) in [5, 5.41) is 14.0. The zero-order chi connectivity index (χ0) is 21.0. The topological polar surface area (TPSA) is 79.2 Å². The van der Waals surface area contributed by atoms with Crippen molar-refractivity contribution in [2.24, 2.45) is 0 Å². The third-order valence-electron chi connectivity index (χ3n) is 4.46. The lowest BCUT2D eigenvalue weighted by molar-refractivity contribution is -0.120. The summed E-state index contributed by atoms with van der Waals surface area (Å²) in [6.45, 7) is 0. The molecule has 0 bridgehead atoms. The van der Waals surface area contributed by atoms with Gasteiger partial charge in [-0.15, -0.1) is 11.8 Å². The van der Waals surface area contributed by atoms with Gasteiger partial charge in [0.1, 0.15) is 0 Å². The SMILES string of the molecule is COC(=O)c1ccc([C@H]2CC(=O)NC(SCc3ccc(Cl)c(Cl)c3)=C2C#N)cc1. The number of halogens is 2. The van der Waals surface area contributed by atoms with Crippen LogP contribution in [0.5, 0.6) is 0 Å². The van der Waals surface area contributed by atoms with Gasteiger partial charge in [-0.1, -0.05) is 41.4 Å². The van der Waals surface area contributed by atoms with E-state index in [0.717, 1.165) is 11.1 Å². The maximum absolute atomic E-state index is 12.3. The molecule has 1 N–H and O–H groups in total. The highest BCUT2D eigenvalue weighted by Gasteiger charge is 2.29. The van der Waals surface area contributed by atoms with Gasteiger partial charge in [0.05, 0.1) is 39.4 Å². The number of allylic oxidation sites excluding steroid dienone is 1. The molecule has 1 aliphatic heterocycles. The molecule has 5 nitrogen and oxygen atoms in total. The fourth-order valence-corrected chi connectivity index (χ4v) is 4.31. The van der Waals surface area contributed by atoms with Crippen LogP contribution in [-0.2, 0) is 15.3 Å². The first-order valence-electron chi connectivity index (χ1n) is 8.62. The molecule has 1 aliphatic rings. The number of carbonyl (C=O) groups excluding carboxylic acids is 2. The number of benzene rings is 2. The molecule has 0 unspecified atom stereocenters. The van der Waals surface area contributed by atoms with E-state index in [1.807, 2.05) is 6.07 Å². The van der Waals surface area contributed by atoms with Crippen LogP contribution >= 0.6 is 35.0 Å². The summed E-state index contributed by atoms with van der Waals surface area (Å²) in [6.07, 6.45) is 0.164. The number of esters is 1. The van der Waals surface area contributed by atoms with Crippen molar-refractivity contribution in [2.75, 3.05) is 7.11 Å². The summed E-state index contributed by atoms with van der Waals surface area (Å²) in [7, 11) is 1.32. The van der Waals surface area contributed by atoms with Crippen molar-refractivity contribution in [3.8, 4) is 6.07 Å². The summed E-state index contributed by atoms with van der Waals surface area (Å²) in [5.41, 5.74) is 2.61. The highest BCUT2D eigenvalue weighted by atomic mass is 35.5. The second-order valence-electron chi connectivity index (χ2n) is 6.31. The van der Waals surface area contributed by atoms with Gasteiger partial charge in [-0.3, -0.25) is 4.79 Å². The van der Waals surface area contributed by atoms with Gasteiger partial charge in [-0.2, -0.15) is 5.26 Å². The van der Waals surface area contributed by atoms with Crippen molar-refractivity contribution in [1.29, 1.82) is 5.26 Å². The van der Waals surface area contributed by atoms with Crippen LogP contribution in [-0.4, -0.2) is 19.0 Å². The predicted octanol–water partition coefficient (Wildman–Crippen LogP) is 5.05. The van der Waals surface area contributed by atoms with E-state index in [0.29, 0.717) is 32.0 Å². The number of methoxy groups -OCH3 is 1. The first-order chi connectivity index (χ1) is 13.9. The number of hydrogen-bond acceptors (Lipinski definition) is 5. The summed E-state index contributed by atoms with van der Waals surface area (Å²) in [5.74, 6) is -0.461. The first-order valence-corrected chi connectivity index (χ1v) is 10.4. The van der Waals surface area contributed by atoms with Crippen LogP contribution in [0.15, 0.2) is 53.1 Å². The molecular formula is C21H16Cl2N2O3S. The lowest BCUT2D eigenvalue weighted by Gasteiger charge is -2.25. The second-order valence-corrected chi connectivity index (χ2v) is 8.11. The van der Waals surface area contributed by atoms with Crippen LogP contribution in [0, 0.1) is 11.3 Å². The van der Waals surface area contributed by atoms with Gasteiger partial charge in [-0.25, -0.2) is 4.79 Å². The smallest absolute Gasteiger partial charge is 0.337 e. The quantitative estimate of drug-likeness (QED) is 0.649. The Morgan fingerprint density at radius 1 is 1.24 bits per heavy atom. The minimum absolute atomic E-state index is 0.164. The number of amides is 1. The lowest BCUT2D eigenvalue weighted by atomic mass is 9.87. The fourth-order valence-electron chi connectivity index (χ4n) is 2.97. The number of nitrogens with zero attached hydrogens (tertiary/aromatic N) is 1. The van der Waals surface area contributed by atoms with E-state index in [2.05, 4.69) is 11.4 Å². The molecule has 1 atom stereocenters. The van der Waals surface area contributed by atoms with Crippen molar-refractivity contribution in [3.05, 3.63) is 79.8 Å². The Hall–Kier alpha value is -2.46. The molecule has 3 rings (SSSR count). The van der Waals surface area contributed by atoms with Crippen LogP contribution in [0.1, 0.15) is 33.8 Å². The van der Waals surface area contributed by atoms with Gasteiger partial charge in [0.2, 0.25) is 5.91 Å². The lowest BCUT2D eigenvalue weighted by Crippen LogP contribution is -2.30. The van der Waals surface area contributed by atoms with Crippen molar-refractivity contribution in [1.82, 2.24) is 5.32 Å². The van der Waals surface area contributed by atoms with Crippen molar-refractivity contribution >= 4 is 46.8 Å². The van der Waals surface area contributed by atoms with Gasteiger partial charge in [0.15, 0.2) is 0 Å². The molecule has 1 amide bonds. The minimum Gasteiger partial charge on any atom is -0.465 e. The van der Waals surface area contributed by atoms with Crippen LogP contribution in [0.25, 0.3) is 0 Å². The molecule has 0 radical (unpaired) electrons. The molecule has 2 aromatic rings. The summed E-state index contributed by atoms with van der Waals surface area (Å²) in [6, 6.07) is 14.3. The van der Waals surface area contributed by atoms with Crippen LogP contribution in [0.4, 0.5) is 0 Å². The largest absolute Gasteiger partial charge is 0.465 e. The van der Waals surface area contributed by atoms with Gasteiger partial charge in [-0.05, 0) is 35.4 Å². The second kappa shape index (κ2) is 9.36. The zero-order valence-electron chi connectivity index (χ0n) is 15.4. The number of nitriles is 1. The average molecular weight is 447 g/mol. The molecule has 0 spiro atoms. The summed E-state index contributed by atoms with van der Waals surface area (Å²) in [4.78, 5) is 23.9. The number of thioether (sulfide) groups is 1. The van der Waals surface area contributed by atoms with Crippen LogP contribution in [0.3, 0.4) is 0 Å². The Kier molecular flexibility index (Phi) is 6.86. The molecule has 8 heteroatoms. The van der Waals surface area contributed by atoms with E-state index in [4.69, 9.17) is 27.9 Å². The molecule has 148 valence electrons. The van der Waals surface area contributed by atoms with Crippen molar-refractivity contribution in [3.63, 3.8) is 0 Å². The standard InChI is InChI=1S/C21H16Cl2N2O3S/c1-28-21(27)14-5-3-13(4-6-14)15-9-19(26)25-20(16(15)10-24)29-11-12-2-7-17(22)18(23)8-12/h2-8,15H,9,11H2,1H3,(H,25,26)/t15-/m1/s1. The van der Waals surface area contributed by atoms with Gasteiger partial charge >= 0.3 is 5.97 Å². The summed E-state index contributed by atoms with van der Waals surface area (Å²) < 4.78 is 4.70. The highest BCUT2D eigenvalue weighted by Crippen LogP contribution is 2.37. The maximum Gasteiger partial charge on any atom is 0.337 e. The van der Waals surface area contributed by atoms with E-state index < -0.39 is 5.97 Å². The maximum atomic E-state index is 12.3. The predicted molar refractivity (Wildman–Crippen MR) is 114 cm³/mol. The molecule has 1 heterocycles. The van der Waals surface area contributed by atoms with Gasteiger partial charge in [0.25, 0.3) is 0 Å². The van der Waals surface area contributed by atoms with Crippen LogP contribution in [0.2, 0.25) is 10.0 Å². The van der Waals surface area contributed by atoms with Crippen molar-refractivity contribution < 1.29 is 14.3 Å². The van der Waals surface area contributed by atoms with Gasteiger partial charge in [0, 0.05) is 18.1 Å². The molecular weight excluding hydrogens is 431 g/mol. The normalized spacial score (nSPS) is 16.2. The third-order valence-corrected chi connectivity index (χ3v) is 6.28. The molecule has 0 aliphatic carbocycles. The molecule has 0 saturated carbocycles. The Balaban J connectivity index is 1.86. The number of rotatable bonds is 5. The Morgan fingerprint density at radius 2 is 1.97 bits per heavy atom. The van der Waals surface area contributed by atoms with E-state index >= 15 is 0 Å². The molecule has 0 aromatic heterocycles. The first kappa shape index (κ1) is 21.3. The number of ether oxygens (including phenoxy) is 1. The van der Waals surface area contributed by atoms with Gasteiger partial charge < -0.3 is 10.1 Å². The summed E-state index contributed by atoms with van der Waals surface area (Å²) >= 11 is 13.4. The fraction of sp³-hybridized carbons (Fsp3) is 0.190. The Labute approximate surface area is 182 Å². The van der Waals surface area contributed by atoms with E-state index in [1.165, 1.54) is 18.9 Å². The zero-order valence-corrected chi connectivity index (χ0v) is 17.7. The molecule has 0 saturated heterocycles. The monoisotopic (exact) mass is 446 g/mol. The molecule has 29 heavy (non-hydrogen) atoms. The number of nitrogens with one attached hydrogen (secondary N) is 1. The molecule has 0 fully saturated rings. The van der Waals surface area contributed by atoms with E-state index in [1.54, 1.807) is 36.4 Å². The minimum atomic E-state index is -0.438. The third kappa shape index (κ3) is 4.94. The Bertz CT molecular complexity index is 1030. The highest BCUT2D eigenvalue weighted by molar-refractivity contribution is 8.02. The Morgan fingerprint density at radius 3 is 2.59 bits per heavy atom. The van der Waals surface area contributed by atoms with Crippen LogP contribution < -0.4 is 5.32 Å². The number of carbonyl (C=O) groups is 2. The number of hydrogen-bond donors (Lipinski definition) is 1.